The Morgan fingerprint density at radius 1 is 1.07 bits per heavy atom. The van der Waals surface area contributed by atoms with E-state index >= 15 is 0 Å². The third-order valence-corrected chi connectivity index (χ3v) is 5.73. The number of aliphatic imine (C=N–C) groups is 1. The van der Waals surface area contributed by atoms with E-state index < -0.39 is 0 Å². The lowest BCUT2D eigenvalue weighted by Crippen LogP contribution is -2.41. The van der Waals surface area contributed by atoms with Crippen molar-refractivity contribution < 1.29 is 4.79 Å². The van der Waals surface area contributed by atoms with Crippen LogP contribution in [0.4, 0.5) is 0 Å². The average Bonchev–Trinajstić information content (AvgIpc) is 2.87. The first-order valence-electron chi connectivity index (χ1n) is 11.2. The Morgan fingerprint density at radius 3 is 2.74 bits per heavy atom. The van der Waals surface area contributed by atoms with Crippen LogP contribution in [0.5, 0.6) is 0 Å². The molecule has 2 fully saturated rings. The van der Waals surface area contributed by atoms with E-state index in [2.05, 4.69) is 34.4 Å². The summed E-state index contributed by atoms with van der Waals surface area (Å²) in [5.41, 5.74) is 0. The van der Waals surface area contributed by atoms with Gasteiger partial charge in [0, 0.05) is 51.7 Å². The van der Waals surface area contributed by atoms with Crippen LogP contribution in [-0.4, -0.2) is 73.5 Å². The Labute approximate surface area is 166 Å². The van der Waals surface area contributed by atoms with Crippen LogP contribution in [0.1, 0.15) is 71.6 Å². The number of carbonyl (C=O) groups excluding carboxylic acids is 1. The molecule has 0 bridgehead atoms. The van der Waals surface area contributed by atoms with E-state index in [4.69, 9.17) is 0 Å². The summed E-state index contributed by atoms with van der Waals surface area (Å²) in [4.78, 5) is 21.4. The maximum absolute atomic E-state index is 12.0. The third kappa shape index (κ3) is 8.50. The molecule has 0 radical (unpaired) electrons. The largest absolute Gasteiger partial charge is 0.357 e. The monoisotopic (exact) mass is 379 g/mol. The number of nitrogens with zero attached hydrogens (tertiary/aromatic N) is 3. The molecule has 1 amide bonds. The predicted octanol–water partition coefficient (Wildman–Crippen LogP) is 2.60. The predicted molar refractivity (Wildman–Crippen MR) is 113 cm³/mol. The number of hydrogen-bond donors (Lipinski definition) is 2. The van der Waals surface area contributed by atoms with Crippen molar-refractivity contribution in [3.63, 3.8) is 0 Å². The topological polar surface area (TPSA) is 60.0 Å². The van der Waals surface area contributed by atoms with Crippen molar-refractivity contribution in [3.05, 3.63) is 0 Å². The number of piperidine rings is 1. The molecule has 6 nitrogen and oxygen atoms in total. The van der Waals surface area contributed by atoms with E-state index in [0.29, 0.717) is 5.91 Å². The van der Waals surface area contributed by atoms with Crippen molar-refractivity contribution >= 4 is 11.9 Å². The van der Waals surface area contributed by atoms with Gasteiger partial charge in [-0.1, -0.05) is 12.8 Å². The fraction of sp³-hybridized carbons (Fsp3) is 0.905. The molecule has 0 aromatic rings. The highest BCUT2D eigenvalue weighted by atomic mass is 16.2. The summed E-state index contributed by atoms with van der Waals surface area (Å²) >= 11 is 0. The molecular weight excluding hydrogens is 338 g/mol. The molecule has 0 saturated carbocycles. The molecule has 1 unspecified atom stereocenters. The van der Waals surface area contributed by atoms with E-state index in [9.17, 15) is 4.79 Å². The van der Waals surface area contributed by atoms with Crippen LogP contribution in [0.3, 0.4) is 0 Å². The Bertz CT molecular complexity index is 454. The quantitative estimate of drug-likeness (QED) is 0.367. The van der Waals surface area contributed by atoms with Gasteiger partial charge in [0.1, 0.15) is 0 Å². The summed E-state index contributed by atoms with van der Waals surface area (Å²) in [6.07, 6.45) is 10.3. The number of amides is 1. The number of hydrogen-bond acceptors (Lipinski definition) is 3. The second-order valence-electron chi connectivity index (χ2n) is 7.97. The van der Waals surface area contributed by atoms with E-state index in [1.165, 1.54) is 38.8 Å². The summed E-state index contributed by atoms with van der Waals surface area (Å²) < 4.78 is 0. The summed E-state index contributed by atoms with van der Waals surface area (Å²) in [5.74, 6) is 1.24. The first kappa shape index (κ1) is 22.0. The zero-order chi connectivity index (χ0) is 19.3. The molecule has 2 heterocycles. The zero-order valence-corrected chi connectivity index (χ0v) is 17.6. The normalized spacial score (nSPS) is 22.6. The molecule has 0 spiro atoms. The van der Waals surface area contributed by atoms with Gasteiger partial charge in [0.05, 0.1) is 0 Å². The van der Waals surface area contributed by atoms with Crippen LogP contribution in [0.2, 0.25) is 0 Å². The lowest BCUT2D eigenvalue weighted by molar-refractivity contribution is -0.130. The Morgan fingerprint density at radius 2 is 1.93 bits per heavy atom. The minimum absolute atomic E-state index is 0.327. The average molecular weight is 380 g/mol. The lowest BCUT2D eigenvalue weighted by Gasteiger charge is -2.33. The molecule has 2 saturated heterocycles. The van der Waals surface area contributed by atoms with Crippen LogP contribution in [0.15, 0.2) is 4.99 Å². The van der Waals surface area contributed by atoms with Gasteiger partial charge in [0.15, 0.2) is 5.96 Å². The fourth-order valence-electron chi connectivity index (χ4n) is 4.05. The highest BCUT2D eigenvalue weighted by Crippen LogP contribution is 2.16. The van der Waals surface area contributed by atoms with Gasteiger partial charge in [-0.3, -0.25) is 9.79 Å². The summed E-state index contributed by atoms with van der Waals surface area (Å²) in [7, 11) is 0. The van der Waals surface area contributed by atoms with Gasteiger partial charge in [-0.2, -0.15) is 0 Å². The van der Waals surface area contributed by atoms with Gasteiger partial charge >= 0.3 is 0 Å². The first-order valence-corrected chi connectivity index (χ1v) is 11.2. The molecule has 0 aliphatic carbocycles. The maximum Gasteiger partial charge on any atom is 0.222 e. The smallest absolute Gasteiger partial charge is 0.222 e. The van der Waals surface area contributed by atoms with Gasteiger partial charge in [0.2, 0.25) is 5.91 Å². The van der Waals surface area contributed by atoms with Gasteiger partial charge in [0.25, 0.3) is 0 Å². The number of carbonyl (C=O) groups is 1. The summed E-state index contributed by atoms with van der Waals surface area (Å²) in [6.45, 7) is 11.2. The number of likely N-dealkylation sites (tertiary alicyclic amines) is 2. The van der Waals surface area contributed by atoms with Crippen LogP contribution in [-0.2, 0) is 4.79 Å². The van der Waals surface area contributed by atoms with Crippen molar-refractivity contribution in [3.8, 4) is 0 Å². The van der Waals surface area contributed by atoms with Gasteiger partial charge in [-0.05, 0) is 58.9 Å². The van der Waals surface area contributed by atoms with Crippen molar-refractivity contribution in [1.82, 2.24) is 20.4 Å². The molecule has 2 rings (SSSR count). The molecule has 156 valence electrons. The first-order chi connectivity index (χ1) is 13.2. The van der Waals surface area contributed by atoms with Crippen molar-refractivity contribution in [2.24, 2.45) is 4.99 Å². The van der Waals surface area contributed by atoms with Crippen LogP contribution < -0.4 is 10.6 Å². The molecule has 2 aliphatic rings. The minimum Gasteiger partial charge on any atom is -0.357 e. The van der Waals surface area contributed by atoms with Gasteiger partial charge < -0.3 is 20.4 Å². The molecule has 27 heavy (non-hydrogen) atoms. The summed E-state index contributed by atoms with van der Waals surface area (Å²) in [6, 6.07) is 0.738. The zero-order valence-electron chi connectivity index (χ0n) is 17.6. The number of rotatable bonds is 9. The molecule has 6 heteroatoms. The lowest BCUT2D eigenvalue weighted by atomic mass is 10.0. The highest BCUT2D eigenvalue weighted by Gasteiger charge is 2.17. The van der Waals surface area contributed by atoms with Crippen molar-refractivity contribution in [2.45, 2.75) is 77.7 Å². The fourth-order valence-corrected chi connectivity index (χ4v) is 4.05. The van der Waals surface area contributed by atoms with Crippen LogP contribution in [0.25, 0.3) is 0 Å². The van der Waals surface area contributed by atoms with Crippen molar-refractivity contribution in [2.75, 3.05) is 45.8 Å². The van der Waals surface area contributed by atoms with Crippen molar-refractivity contribution in [1.29, 1.82) is 0 Å². The Hall–Kier alpha value is -1.30. The van der Waals surface area contributed by atoms with E-state index in [0.717, 1.165) is 76.8 Å². The Kier molecular flexibility index (Phi) is 10.6. The summed E-state index contributed by atoms with van der Waals surface area (Å²) in [5, 5.41) is 6.80. The molecule has 2 aliphatic heterocycles. The second kappa shape index (κ2) is 13.0. The minimum atomic E-state index is 0.327. The van der Waals surface area contributed by atoms with E-state index in [-0.39, 0.29) is 0 Å². The molecule has 2 N–H and O–H groups in total. The van der Waals surface area contributed by atoms with Crippen LogP contribution >= 0.6 is 0 Å². The van der Waals surface area contributed by atoms with Gasteiger partial charge in [-0.25, -0.2) is 0 Å². The molecule has 1 atom stereocenters. The molecule has 0 aromatic heterocycles. The Balaban J connectivity index is 1.63. The van der Waals surface area contributed by atoms with Crippen LogP contribution in [0, 0.1) is 0 Å². The third-order valence-electron chi connectivity index (χ3n) is 5.73. The number of nitrogens with one attached hydrogen (secondary N) is 2. The number of guanidine groups is 1. The van der Waals surface area contributed by atoms with Gasteiger partial charge in [-0.15, -0.1) is 0 Å². The molecular formula is C21H41N5O. The maximum atomic E-state index is 12.0. The second-order valence-corrected chi connectivity index (χ2v) is 7.97. The SMILES string of the molecule is CCNC(=NCCCN1CCCCCC1=O)NCCCN1CCCCC1C. The highest BCUT2D eigenvalue weighted by molar-refractivity contribution is 5.79. The van der Waals surface area contributed by atoms with E-state index in [1.54, 1.807) is 0 Å². The molecule has 0 aromatic carbocycles. The standard InChI is InChI=1S/C21H41N5O/c1-3-22-21(23-13-9-17-25-15-8-6-11-19(25)2)24-14-10-18-26-16-7-4-5-12-20(26)27/h19H,3-18H2,1-2H3,(H2,22,23,24). The van der Waals surface area contributed by atoms with E-state index in [1.807, 2.05) is 4.90 Å².